The lowest BCUT2D eigenvalue weighted by atomic mass is 10.3. The molecule has 19 heavy (non-hydrogen) atoms. The highest BCUT2D eigenvalue weighted by Gasteiger charge is 2.08. The van der Waals surface area contributed by atoms with Gasteiger partial charge < -0.3 is 14.8 Å². The number of hydrogen-bond acceptors (Lipinski definition) is 4. The van der Waals surface area contributed by atoms with E-state index in [4.69, 9.17) is 9.52 Å². The van der Waals surface area contributed by atoms with Gasteiger partial charge in [0.2, 0.25) is 0 Å². The summed E-state index contributed by atoms with van der Waals surface area (Å²) in [6.45, 7) is 0.323. The highest BCUT2D eigenvalue weighted by Crippen LogP contribution is 2.18. The molecule has 0 aliphatic rings. The lowest BCUT2D eigenvalue weighted by Crippen LogP contribution is -2.21. The number of carboxylic acid groups (broad SMARTS) is 1. The first kappa shape index (κ1) is 13.1. The zero-order valence-electron chi connectivity index (χ0n) is 9.83. The molecule has 0 saturated carbocycles. The van der Waals surface area contributed by atoms with Crippen molar-refractivity contribution in [3.8, 4) is 0 Å². The van der Waals surface area contributed by atoms with Gasteiger partial charge in [-0.2, -0.15) is 0 Å². The van der Waals surface area contributed by atoms with Crippen LogP contribution in [0.4, 0.5) is 0 Å². The topological polar surface area (TPSA) is 79.5 Å². The van der Waals surface area contributed by atoms with Crippen LogP contribution in [0.3, 0.4) is 0 Å². The van der Waals surface area contributed by atoms with Crippen molar-refractivity contribution in [3.63, 3.8) is 0 Å². The minimum atomic E-state index is -1.02. The predicted octanol–water partition coefficient (Wildman–Crippen LogP) is 2.37. The fourth-order valence-electron chi connectivity index (χ4n) is 1.39. The molecular formula is C13H11NO4S. The number of thiophene rings is 1. The Bertz CT molecular complexity index is 598. The molecule has 0 atom stereocenters. The monoisotopic (exact) mass is 277 g/mol. The minimum Gasteiger partial charge on any atom is -0.478 e. The van der Waals surface area contributed by atoms with Gasteiger partial charge >= 0.3 is 5.97 Å². The number of hydrogen-bond donors (Lipinski definition) is 2. The van der Waals surface area contributed by atoms with Gasteiger partial charge in [-0.25, -0.2) is 4.79 Å². The zero-order valence-corrected chi connectivity index (χ0v) is 10.6. The van der Waals surface area contributed by atoms with Gasteiger partial charge in [-0.1, -0.05) is 0 Å². The Morgan fingerprint density at radius 3 is 2.89 bits per heavy atom. The number of carboxylic acids is 1. The van der Waals surface area contributed by atoms with E-state index in [2.05, 4.69) is 5.32 Å². The van der Waals surface area contributed by atoms with E-state index in [1.54, 1.807) is 30.5 Å². The van der Waals surface area contributed by atoms with E-state index in [9.17, 15) is 9.59 Å². The Balaban J connectivity index is 1.94. The summed E-state index contributed by atoms with van der Waals surface area (Å²) in [7, 11) is 0. The van der Waals surface area contributed by atoms with Gasteiger partial charge in [0.25, 0.3) is 5.91 Å². The first-order valence-corrected chi connectivity index (χ1v) is 6.28. The standard InChI is InChI=1S/C13H11NO4S/c15-12(16)6-4-10-3-5-11(19-10)13(17)14-8-9-2-1-7-18-9/h1-7H,8H2,(H,14,17)(H,15,16)/b6-4+. The molecule has 0 aromatic carbocycles. The maximum Gasteiger partial charge on any atom is 0.328 e. The highest BCUT2D eigenvalue weighted by molar-refractivity contribution is 7.14. The first-order valence-electron chi connectivity index (χ1n) is 5.46. The fraction of sp³-hybridized carbons (Fsp3) is 0.0769. The second-order valence-corrected chi connectivity index (χ2v) is 4.75. The molecule has 0 fully saturated rings. The number of aliphatic carboxylic acids is 1. The lowest BCUT2D eigenvalue weighted by Gasteiger charge is -1.99. The number of furan rings is 1. The Hall–Kier alpha value is -2.34. The molecule has 0 bridgehead atoms. The van der Waals surface area contributed by atoms with Crippen LogP contribution in [0, 0.1) is 0 Å². The normalized spacial score (nSPS) is 10.7. The van der Waals surface area contributed by atoms with E-state index < -0.39 is 5.97 Å². The zero-order chi connectivity index (χ0) is 13.7. The molecule has 2 heterocycles. The van der Waals surface area contributed by atoms with Gasteiger partial charge in [-0.05, 0) is 30.3 Å². The van der Waals surface area contributed by atoms with Crippen molar-refractivity contribution in [2.45, 2.75) is 6.54 Å². The maximum absolute atomic E-state index is 11.8. The molecule has 2 rings (SSSR count). The van der Waals surface area contributed by atoms with Crippen LogP contribution >= 0.6 is 11.3 Å². The second-order valence-electron chi connectivity index (χ2n) is 3.64. The lowest BCUT2D eigenvalue weighted by molar-refractivity contribution is -0.131. The van der Waals surface area contributed by atoms with Gasteiger partial charge in [0, 0.05) is 11.0 Å². The Morgan fingerprint density at radius 1 is 1.37 bits per heavy atom. The van der Waals surface area contributed by atoms with Crippen molar-refractivity contribution in [3.05, 3.63) is 52.1 Å². The van der Waals surface area contributed by atoms with Crippen molar-refractivity contribution >= 4 is 29.3 Å². The summed E-state index contributed by atoms with van der Waals surface area (Å²) in [6.07, 6.45) is 4.04. The maximum atomic E-state index is 11.8. The molecule has 0 spiro atoms. The molecule has 0 aliphatic heterocycles. The number of carbonyl (C=O) groups excluding carboxylic acids is 1. The van der Waals surface area contributed by atoms with Crippen LogP contribution in [0.2, 0.25) is 0 Å². The molecule has 2 N–H and O–H groups in total. The van der Waals surface area contributed by atoms with Crippen LogP contribution in [0.5, 0.6) is 0 Å². The molecule has 0 radical (unpaired) electrons. The smallest absolute Gasteiger partial charge is 0.328 e. The summed E-state index contributed by atoms with van der Waals surface area (Å²) in [6, 6.07) is 6.88. The van der Waals surface area contributed by atoms with Gasteiger partial charge in [-0.3, -0.25) is 4.79 Å². The number of carbonyl (C=O) groups is 2. The molecule has 0 aliphatic carbocycles. The van der Waals surface area contributed by atoms with E-state index in [0.29, 0.717) is 22.1 Å². The second kappa shape index (κ2) is 6.01. The fourth-order valence-corrected chi connectivity index (χ4v) is 2.21. The minimum absolute atomic E-state index is 0.212. The summed E-state index contributed by atoms with van der Waals surface area (Å²) in [5, 5.41) is 11.2. The average molecular weight is 277 g/mol. The Kier molecular flexibility index (Phi) is 4.15. The van der Waals surface area contributed by atoms with Crippen LogP contribution in [0.15, 0.2) is 41.0 Å². The highest BCUT2D eigenvalue weighted by atomic mass is 32.1. The largest absolute Gasteiger partial charge is 0.478 e. The molecule has 98 valence electrons. The number of nitrogens with one attached hydrogen (secondary N) is 1. The van der Waals surface area contributed by atoms with Crippen molar-refractivity contribution in [1.82, 2.24) is 5.32 Å². The van der Waals surface area contributed by atoms with Crippen LogP contribution in [-0.2, 0) is 11.3 Å². The third-order valence-electron chi connectivity index (χ3n) is 2.24. The molecule has 0 saturated heterocycles. The third kappa shape index (κ3) is 3.82. The van der Waals surface area contributed by atoms with Crippen molar-refractivity contribution in [1.29, 1.82) is 0 Å². The van der Waals surface area contributed by atoms with Crippen molar-refractivity contribution in [2.24, 2.45) is 0 Å². The van der Waals surface area contributed by atoms with E-state index in [1.807, 2.05) is 0 Å². The molecule has 5 nitrogen and oxygen atoms in total. The van der Waals surface area contributed by atoms with E-state index in [-0.39, 0.29) is 5.91 Å². The Labute approximate surface area is 113 Å². The summed E-state index contributed by atoms with van der Waals surface area (Å²) in [5.41, 5.74) is 0. The van der Waals surface area contributed by atoms with E-state index >= 15 is 0 Å². The van der Waals surface area contributed by atoms with Crippen LogP contribution in [0.1, 0.15) is 20.3 Å². The number of amides is 1. The average Bonchev–Trinajstić information content (AvgIpc) is 3.04. The van der Waals surface area contributed by atoms with Crippen LogP contribution in [-0.4, -0.2) is 17.0 Å². The third-order valence-corrected chi connectivity index (χ3v) is 3.29. The van der Waals surface area contributed by atoms with Crippen LogP contribution in [0.25, 0.3) is 6.08 Å². The quantitative estimate of drug-likeness (QED) is 0.822. The molecule has 1 amide bonds. The van der Waals surface area contributed by atoms with Gasteiger partial charge in [-0.15, -0.1) is 11.3 Å². The van der Waals surface area contributed by atoms with E-state index in [1.165, 1.54) is 17.4 Å². The molecule has 2 aromatic heterocycles. The molecule has 6 heteroatoms. The van der Waals surface area contributed by atoms with Crippen LogP contribution < -0.4 is 5.32 Å². The first-order chi connectivity index (χ1) is 9.15. The summed E-state index contributed by atoms with van der Waals surface area (Å²) in [4.78, 5) is 23.4. The predicted molar refractivity (Wildman–Crippen MR) is 70.9 cm³/mol. The molecule has 2 aromatic rings. The molecule has 0 unspecified atom stereocenters. The summed E-state index contributed by atoms with van der Waals surface area (Å²) in [5.74, 6) is -0.551. The summed E-state index contributed by atoms with van der Waals surface area (Å²) < 4.78 is 5.10. The van der Waals surface area contributed by atoms with Crippen molar-refractivity contribution in [2.75, 3.05) is 0 Å². The number of rotatable bonds is 5. The van der Waals surface area contributed by atoms with Crippen molar-refractivity contribution < 1.29 is 19.1 Å². The van der Waals surface area contributed by atoms with Gasteiger partial charge in [0.15, 0.2) is 0 Å². The summed E-state index contributed by atoms with van der Waals surface area (Å²) >= 11 is 1.23. The van der Waals surface area contributed by atoms with Gasteiger partial charge in [0.1, 0.15) is 5.76 Å². The van der Waals surface area contributed by atoms with Gasteiger partial charge in [0.05, 0.1) is 17.7 Å². The Morgan fingerprint density at radius 2 is 2.21 bits per heavy atom. The SMILES string of the molecule is O=C(O)/C=C/c1ccc(C(=O)NCc2ccco2)s1. The van der Waals surface area contributed by atoms with E-state index in [0.717, 1.165) is 6.08 Å². The molecular weight excluding hydrogens is 266 g/mol.